The van der Waals surface area contributed by atoms with E-state index in [2.05, 4.69) is 0 Å². The molecule has 0 heterocycles. The molecule has 0 aliphatic heterocycles. The second kappa shape index (κ2) is 3.65. The van der Waals surface area contributed by atoms with E-state index in [-0.39, 0.29) is 17.7 Å². The van der Waals surface area contributed by atoms with Gasteiger partial charge in [0.2, 0.25) is 0 Å². The van der Waals surface area contributed by atoms with Gasteiger partial charge in [-0.3, -0.25) is 0 Å². The lowest BCUT2D eigenvalue weighted by Gasteiger charge is -2.46. The van der Waals surface area contributed by atoms with Gasteiger partial charge in [0, 0.05) is 11.8 Å². The summed E-state index contributed by atoms with van der Waals surface area (Å²) in [4.78, 5) is 0. The summed E-state index contributed by atoms with van der Waals surface area (Å²) in [5.41, 5.74) is 3.79. The average molecular weight is 256 g/mol. The van der Waals surface area contributed by atoms with Crippen molar-refractivity contribution in [1.82, 2.24) is 0 Å². The van der Waals surface area contributed by atoms with Crippen molar-refractivity contribution in [3.8, 4) is 0 Å². The molecule has 3 heteroatoms. The molecule has 2 aromatic carbocycles. The highest BCUT2D eigenvalue weighted by Gasteiger charge is 2.48. The smallest absolute Gasteiger partial charge is 0.123 e. The third kappa shape index (κ3) is 1.32. The predicted octanol–water partition coefficient (Wildman–Crippen LogP) is 2.14. The summed E-state index contributed by atoms with van der Waals surface area (Å²) < 4.78 is 13.5. The monoisotopic (exact) mass is 256 g/mol. The van der Waals surface area contributed by atoms with Crippen LogP contribution < -0.4 is 0 Å². The molecule has 0 fully saturated rings. The maximum atomic E-state index is 13.5. The van der Waals surface area contributed by atoms with Gasteiger partial charge in [0.1, 0.15) is 5.82 Å². The van der Waals surface area contributed by atoms with Crippen LogP contribution in [-0.4, -0.2) is 22.4 Å². The van der Waals surface area contributed by atoms with Gasteiger partial charge >= 0.3 is 0 Å². The highest BCUT2D eigenvalue weighted by Crippen LogP contribution is 2.52. The quantitative estimate of drug-likeness (QED) is 0.758. The molecule has 0 aromatic heterocycles. The number of halogens is 1. The maximum absolute atomic E-state index is 13.5. The number of hydrogen-bond acceptors (Lipinski definition) is 2. The zero-order chi connectivity index (χ0) is 13.1. The Kier molecular flexibility index (Phi) is 2.14. The van der Waals surface area contributed by atoms with Crippen LogP contribution in [0.1, 0.15) is 34.1 Å². The molecule has 2 unspecified atom stereocenters. The van der Waals surface area contributed by atoms with Crippen molar-refractivity contribution in [2.24, 2.45) is 0 Å². The van der Waals surface area contributed by atoms with Gasteiger partial charge in [0.25, 0.3) is 0 Å². The molecular weight excluding hydrogens is 243 g/mol. The Morgan fingerprint density at radius 3 is 1.89 bits per heavy atom. The molecule has 0 amide bonds. The van der Waals surface area contributed by atoms with E-state index in [0.717, 1.165) is 22.3 Å². The zero-order valence-electron chi connectivity index (χ0n) is 10.1. The summed E-state index contributed by atoms with van der Waals surface area (Å²) in [6.45, 7) is 0. The van der Waals surface area contributed by atoms with Gasteiger partial charge in [0.15, 0.2) is 0 Å². The third-order valence-corrected chi connectivity index (χ3v) is 4.42. The van der Waals surface area contributed by atoms with Crippen LogP contribution in [0.25, 0.3) is 0 Å². The summed E-state index contributed by atoms with van der Waals surface area (Å²) in [5.74, 6) is -0.890. The SMILES string of the molecule is OC1C(O)[C@H]2c3ccccc3[C@@H]1c1ccc(F)cc12. The first kappa shape index (κ1) is 11.1. The lowest BCUT2D eigenvalue weighted by molar-refractivity contribution is -0.0155. The molecule has 2 N–H and O–H groups in total. The molecule has 2 nitrogen and oxygen atoms in total. The molecule has 96 valence electrons. The van der Waals surface area contributed by atoms with Crippen molar-refractivity contribution < 1.29 is 14.6 Å². The van der Waals surface area contributed by atoms with Gasteiger partial charge in [-0.1, -0.05) is 30.3 Å². The largest absolute Gasteiger partial charge is 0.389 e. The lowest BCUT2D eigenvalue weighted by atomic mass is 9.61. The number of rotatable bonds is 0. The first-order valence-corrected chi connectivity index (χ1v) is 6.43. The van der Waals surface area contributed by atoms with Gasteiger partial charge in [-0.25, -0.2) is 4.39 Å². The Morgan fingerprint density at radius 1 is 0.737 bits per heavy atom. The first-order valence-electron chi connectivity index (χ1n) is 6.43. The molecule has 0 radical (unpaired) electrons. The van der Waals surface area contributed by atoms with Crippen molar-refractivity contribution in [2.75, 3.05) is 0 Å². The number of hydrogen-bond donors (Lipinski definition) is 2. The highest BCUT2D eigenvalue weighted by atomic mass is 19.1. The summed E-state index contributed by atoms with van der Waals surface area (Å²) in [7, 11) is 0. The molecule has 0 spiro atoms. The molecular formula is C16H13FO2. The van der Waals surface area contributed by atoms with Gasteiger partial charge in [-0.05, 0) is 34.4 Å². The average Bonchev–Trinajstić information content (AvgIpc) is 2.42. The van der Waals surface area contributed by atoms with Crippen LogP contribution in [0, 0.1) is 5.82 Å². The standard InChI is InChI=1S/C16H13FO2/c17-8-5-6-11-12(7-8)14-10-4-2-1-3-9(10)13(11)15(18)16(14)19/h1-7,13-16,18-19H/t13-,14+,15?,16?/m1/s1. The van der Waals surface area contributed by atoms with Crippen molar-refractivity contribution in [3.63, 3.8) is 0 Å². The molecule has 3 aliphatic rings. The fourth-order valence-electron chi connectivity index (χ4n) is 3.64. The van der Waals surface area contributed by atoms with Gasteiger partial charge in [-0.2, -0.15) is 0 Å². The summed E-state index contributed by atoms with van der Waals surface area (Å²) in [6, 6.07) is 12.4. The van der Waals surface area contributed by atoms with Crippen molar-refractivity contribution in [3.05, 3.63) is 70.5 Å². The topological polar surface area (TPSA) is 40.5 Å². The van der Waals surface area contributed by atoms with Crippen LogP contribution in [0.4, 0.5) is 4.39 Å². The Balaban J connectivity index is 2.05. The van der Waals surface area contributed by atoms with E-state index in [1.54, 1.807) is 6.07 Å². The highest BCUT2D eigenvalue weighted by molar-refractivity contribution is 5.57. The van der Waals surface area contributed by atoms with Gasteiger partial charge < -0.3 is 10.2 Å². The van der Waals surface area contributed by atoms with E-state index in [0.29, 0.717) is 0 Å². The maximum Gasteiger partial charge on any atom is 0.123 e. The minimum atomic E-state index is -0.866. The van der Waals surface area contributed by atoms with Crippen LogP contribution >= 0.6 is 0 Å². The number of aliphatic hydroxyl groups excluding tert-OH is 2. The molecule has 0 saturated heterocycles. The molecule has 0 saturated carbocycles. The molecule has 5 rings (SSSR count). The second-order valence-corrected chi connectivity index (χ2v) is 5.34. The molecule has 2 bridgehead atoms. The van der Waals surface area contributed by atoms with Crippen LogP contribution in [0.15, 0.2) is 42.5 Å². The fraction of sp³-hybridized carbons (Fsp3) is 0.250. The molecule has 4 atom stereocenters. The Morgan fingerprint density at radius 2 is 1.26 bits per heavy atom. The molecule has 2 aromatic rings. The number of benzene rings is 2. The summed E-state index contributed by atoms with van der Waals surface area (Å²) in [5, 5.41) is 20.6. The van der Waals surface area contributed by atoms with E-state index in [1.807, 2.05) is 24.3 Å². The Bertz CT molecular complexity index is 668. The van der Waals surface area contributed by atoms with E-state index in [9.17, 15) is 14.6 Å². The van der Waals surface area contributed by atoms with E-state index in [4.69, 9.17) is 0 Å². The number of fused-ring (bicyclic) bond motifs is 1. The first-order chi connectivity index (χ1) is 9.18. The van der Waals surface area contributed by atoms with Gasteiger partial charge in [0.05, 0.1) is 12.2 Å². The zero-order valence-corrected chi connectivity index (χ0v) is 10.1. The summed E-state index contributed by atoms with van der Waals surface area (Å²) in [6.07, 6.45) is -1.69. The van der Waals surface area contributed by atoms with E-state index >= 15 is 0 Å². The fourth-order valence-corrected chi connectivity index (χ4v) is 3.64. The normalized spacial score (nSPS) is 30.9. The predicted molar refractivity (Wildman–Crippen MR) is 68.5 cm³/mol. The number of aliphatic hydroxyl groups is 2. The minimum absolute atomic E-state index is 0.258. The second-order valence-electron chi connectivity index (χ2n) is 5.34. The molecule has 3 aliphatic carbocycles. The Hall–Kier alpha value is -1.71. The lowest BCUT2D eigenvalue weighted by Crippen LogP contribution is -2.47. The van der Waals surface area contributed by atoms with Crippen LogP contribution in [-0.2, 0) is 0 Å². The third-order valence-electron chi connectivity index (χ3n) is 4.42. The minimum Gasteiger partial charge on any atom is -0.389 e. The van der Waals surface area contributed by atoms with Crippen LogP contribution in [0.2, 0.25) is 0 Å². The van der Waals surface area contributed by atoms with Crippen LogP contribution in [0.3, 0.4) is 0 Å². The van der Waals surface area contributed by atoms with E-state index < -0.39 is 12.2 Å². The van der Waals surface area contributed by atoms with Crippen molar-refractivity contribution >= 4 is 0 Å². The molecule has 19 heavy (non-hydrogen) atoms. The summed E-state index contributed by atoms with van der Waals surface area (Å²) >= 11 is 0. The Labute approximate surface area is 110 Å². The van der Waals surface area contributed by atoms with Crippen LogP contribution in [0.5, 0.6) is 0 Å². The van der Waals surface area contributed by atoms with E-state index in [1.165, 1.54) is 12.1 Å². The van der Waals surface area contributed by atoms with Gasteiger partial charge in [-0.15, -0.1) is 0 Å². The van der Waals surface area contributed by atoms with Crippen molar-refractivity contribution in [2.45, 2.75) is 24.0 Å². The van der Waals surface area contributed by atoms with Crippen molar-refractivity contribution in [1.29, 1.82) is 0 Å².